The standard InChI is InChI=1S/C13H20N2O3S/c1-5-15(6-2)13(17)14-10-8-9(4)11(19-10)12(16)18-7-3/h8H,5-7H2,1-4H3,(H,14,17). The first-order chi connectivity index (χ1) is 9.03. The van der Waals surface area contributed by atoms with E-state index < -0.39 is 0 Å². The van der Waals surface area contributed by atoms with E-state index in [2.05, 4.69) is 5.32 Å². The van der Waals surface area contributed by atoms with Crippen LogP contribution in [0.5, 0.6) is 0 Å². The summed E-state index contributed by atoms with van der Waals surface area (Å²) in [4.78, 5) is 25.8. The number of thiophene rings is 1. The second kappa shape index (κ2) is 7.13. The molecule has 1 rings (SSSR count). The molecule has 6 heteroatoms. The number of rotatable bonds is 5. The number of ether oxygens (including phenoxy) is 1. The summed E-state index contributed by atoms with van der Waals surface area (Å²) in [5, 5.41) is 3.46. The van der Waals surface area contributed by atoms with Crippen LogP contribution in [0.25, 0.3) is 0 Å². The van der Waals surface area contributed by atoms with Crippen LogP contribution in [0, 0.1) is 6.92 Å². The van der Waals surface area contributed by atoms with Crippen molar-refractivity contribution in [1.29, 1.82) is 0 Å². The molecule has 0 atom stereocenters. The lowest BCUT2D eigenvalue weighted by Gasteiger charge is -2.18. The maximum atomic E-state index is 11.9. The number of anilines is 1. The first-order valence-electron chi connectivity index (χ1n) is 6.36. The number of urea groups is 1. The normalized spacial score (nSPS) is 10.1. The average Bonchev–Trinajstić information content (AvgIpc) is 2.72. The highest BCUT2D eigenvalue weighted by atomic mass is 32.1. The van der Waals surface area contributed by atoms with Gasteiger partial charge in [0.05, 0.1) is 11.6 Å². The lowest BCUT2D eigenvalue weighted by Crippen LogP contribution is -2.34. The van der Waals surface area contributed by atoms with Crippen molar-refractivity contribution in [1.82, 2.24) is 4.90 Å². The van der Waals surface area contributed by atoms with E-state index in [1.807, 2.05) is 20.8 Å². The fourth-order valence-electron chi connectivity index (χ4n) is 1.64. The van der Waals surface area contributed by atoms with Crippen LogP contribution in [0.2, 0.25) is 0 Å². The van der Waals surface area contributed by atoms with Crippen LogP contribution in [-0.4, -0.2) is 36.6 Å². The van der Waals surface area contributed by atoms with Gasteiger partial charge in [0.2, 0.25) is 0 Å². The number of hydrogen-bond donors (Lipinski definition) is 1. The Balaban J connectivity index is 2.78. The zero-order valence-electron chi connectivity index (χ0n) is 11.8. The highest BCUT2D eigenvalue weighted by Gasteiger charge is 2.17. The Hall–Kier alpha value is -1.56. The maximum absolute atomic E-state index is 11.9. The van der Waals surface area contributed by atoms with Crippen LogP contribution in [0.3, 0.4) is 0 Å². The van der Waals surface area contributed by atoms with Crippen LogP contribution in [-0.2, 0) is 4.74 Å². The van der Waals surface area contributed by atoms with Crippen molar-refractivity contribution >= 4 is 28.3 Å². The SMILES string of the molecule is CCOC(=O)c1sc(NC(=O)N(CC)CC)cc1C. The van der Waals surface area contributed by atoms with Gasteiger partial charge < -0.3 is 9.64 Å². The van der Waals surface area contributed by atoms with Crippen molar-refractivity contribution in [3.05, 3.63) is 16.5 Å². The van der Waals surface area contributed by atoms with E-state index >= 15 is 0 Å². The van der Waals surface area contributed by atoms with Gasteiger partial charge in [0.1, 0.15) is 4.88 Å². The number of esters is 1. The Morgan fingerprint density at radius 1 is 1.32 bits per heavy atom. The van der Waals surface area contributed by atoms with Gasteiger partial charge in [-0.15, -0.1) is 11.3 Å². The van der Waals surface area contributed by atoms with Crippen LogP contribution >= 0.6 is 11.3 Å². The predicted molar refractivity (Wildman–Crippen MR) is 77.0 cm³/mol. The first kappa shape index (κ1) is 15.5. The topological polar surface area (TPSA) is 58.6 Å². The summed E-state index contributed by atoms with van der Waals surface area (Å²) >= 11 is 1.24. The van der Waals surface area contributed by atoms with E-state index in [0.717, 1.165) is 5.56 Å². The third-order valence-electron chi connectivity index (χ3n) is 2.66. The molecule has 1 N–H and O–H groups in total. The van der Waals surface area contributed by atoms with Gasteiger partial charge in [-0.3, -0.25) is 5.32 Å². The molecule has 0 aromatic carbocycles. The molecule has 0 unspecified atom stereocenters. The third kappa shape index (κ3) is 3.96. The average molecular weight is 284 g/mol. The lowest BCUT2D eigenvalue weighted by atomic mass is 10.3. The molecule has 0 bridgehead atoms. The van der Waals surface area contributed by atoms with Crippen LogP contribution in [0.4, 0.5) is 9.80 Å². The summed E-state index contributed by atoms with van der Waals surface area (Å²) in [6.07, 6.45) is 0. The van der Waals surface area contributed by atoms with Crippen molar-refractivity contribution < 1.29 is 14.3 Å². The molecule has 1 aromatic heterocycles. The predicted octanol–water partition coefficient (Wildman–Crippen LogP) is 3.11. The monoisotopic (exact) mass is 284 g/mol. The minimum Gasteiger partial charge on any atom is -0.462 e. The summed E-state index contributed by atoms with van der Waals surface area (Å²) < 4.78 is 4.97. The molecule has 0 aliphatic rings. The summed E-state index contributed by atoms with van der Waals surface area (Å²) in [6, 6.07) is 1.64. The van der Waals surface area contributed by atoms with E-state index in [1.54, 1.807) is 17.9 Å². The molecule has 1 aromatic rings. The summed E-state index contributed by atoms with van der Waals surface area (Å²) in [5.41, 5.74) is 0.818. The Morgan fingerprint density at radius 2 is 1.95 bits per heavy atom. The highest BCUT2D eigenvalue weighted by molar-refractivity contribution is 7.18. The van der Waals surface area contributed by atoms with Gasteiger partial charge >= 0.3 is 12.0 Å². The van der Waals surface area contributed by atoms with Gasteiger partial charge in [-0.2, -0.15) is 0 Å². The van der Waals surface area contributed by atoms with Crippen molar-refractivity contribution in [3.63, 3.8) is 0 Å². The Bertz CT molecular complexity index is 453. The molecule has 19 heavy (non-hydrogen) atoms. The minimum atomic E-state index is -0.340. The fraction of sp³-hybridized carbons (Fsp3) is 0.538. The van der Waals surface area contributed by atoms with E-state index in [1.165, 1.54) is 11.3 Å². The number of amides is 2. The molecule has 5 nitrogen and oxygen atoms in total. The molecule has 0 radical (unpaired) electrons. The van der Waals surface area contributed by atoms with Gasteiger partial charge in [-0.1, -0.05) is 0 Å². The molecular formula is C13H20N2O3S. The number of nitrogens with one attached hydrogen (secondary N) is 1. The molecule has 0 saturated heterocycles. The van der Waals surface area contributed by atoms with E-state index in [9.17, 15) is 9.59 Å². The number of hydrogen-bond acceptors (Lipinski definition) is 4. The number of nitrogens with zero attached hydrogens (tertiary/aromatic N) is 1. The van der Waals surface area contributed by atoms with Crippen molar-refractivity contribution in [2.45, 2.75) is 27.7 Å². The molecule has 1 heterocycles. The van der Waals surface area contributed by atoms with Crippen molar-refractivity contribution in [2.75, 3.05) is 25.0 Å². The highest BCUT2D eigenvalue weighted by Crippen LogP contribution is 2.27. The molecule has 0 fully saturated rings. The number of aryl methyl sites for hydroxylation is 1. The molecular weight excluding hydrogens is 264 g/mol. The zero-order valence-corrected chi connectivity index (χ0v) is 12.6. The molecule has 0 aliphatic carbocycles. The van der Waals surface area contributed by atoms with Crippen LogP contribution in [0.1, 0.15) is 36.0 Å². The van der Waals surface area contributed by atoms with Gasteiger partial charge in [0.15, 0.2) is 0 Å². The van der Waals surface area contributed by atoms with E-state index in [-0.39, 0.29) is 12.0 Å². The van der Waals surface area contributed by atoms with Crippen molar-refractivity contribution in [2.24, 2.45) is 0 Å². The molecule has 106 valence electrons. The van der Waals surface area contributed by atoms with Crippen LogP contribution in [0.15, 0.2) is 6.07 Å². The Morgan fingerprint density at radius 3 is 2.47 bits per heavy atom. The maximum Gasteiger partial charge on any atom is 0.348 e. The molecule has 0 aliphatic heterocycles. The van der Waals surface area contributed by atoms with E-state index in [4.69, 9.17) is 4.74 Å². The molecule has 2 amide bonds. The van der Waals surface area contributed by atoms with Crippen LogP contribution < -0.4 is 5.32 Å². The quantitative estimate of drug-likeness (QED) is 0.845. The lowest BCUT2D eigenvalue weighted by molar-refractivity contribution is 0.0531. The van der Waals surface area contributed by atoms with Gasteiger partial charge in [-0.05, 0) is 39.3 Å². The smallest absolute Gasteiger partial charge is 0.348 e. The Labute approximate surface area is 117 Å². The fourth-order valence-corrected chi connectivity index (χ4v) is 2.59. The minimum absolute atomic E-state index is 0.151. The molecule has 0 saturated carbocycles. The molecule has 0 spiro atoms. The second-order valence-corrected chi connectivity index (χ2v) is 5.00. The van der Waals surface area contributed by atoms with E-state index in [0.29, 0.717) is 29.6 Å². The van der Waals surface area contributed by atoms with Gasteiger partial charge in [0.25, 0.3) is 0 Å². The number of carbonyl (C=O) groups excluding carboxylic acids is 2. The summed E-state index contributed by atoms with van der Waals surface area (Å²) in [6.45, 7) is 9.09. The second-order valence-electron chi connectivity index (χ2n) is 3.95. The van der Waals surface area contributed by atoms with Gasteiger partial charge in [0, 0.05) is 13.1 Å². The summed E-state index contributed by atoms with van der Waals surface area (Å²) in [5.74, 6) is -0.340. The Kier molecular flexibility index (Phi) is 5.82. The summed E-state index contributed by atoms with van der Waals surface area (Å²) in [7, 11) is 0. The largest absolute Gasteiger partial charge is 0.462 e. The third-order valence-corrected chi connectivity index (χ3v) is 3.79. The first-order valence-corrected chi connectivity index (χ1v) is 7.18. The zero-order chi connectivity index (χ0) is 14.4. The van der Waals surface area contributed by atoms with Gasteiger partial charge in [-0.25, -0.2) is 9.59 Å². The van der Waals surface area contributed by atoms with Crippen molar-refractivity contribution in [3.8, 4) is 0 Å². The number of carbonyl (C=O) groups is 2.